The summed E-state index contributed by atoms with van der Waals surface area (Å²) in [5.74, 6) is -0.0318. The van der Waals surface area contributed by atoms with Crippen molar-refractivity contribution in [3.05, 3.63) is 59.9 Å². The van der Waals surface area contributed by atoms with Gasteiger partial charge in [-0.1, -0.05) is 6.07 Å². The van der Waals surface area contributed by atoms with Gasteiger partial charge in [-0.25, -0.2) is 0 Å². The average Bonchev–Trinajstić information content (AvgIpc) is 3.42. The van der Waals surface area contributed by atoms with E-state index in [0.717, 1.165) is 5.69 Å². The number of amides is 3. The molecule has 2 aromatic rings. The van der Waals surface area contributed by atoms with E-state index in [9.17, 15) is 14.4 Å². The van der Waals surface area contributed by atoms with E-state index in [1.807, 2.05) is 24.3 Å². The van der Waals surface area contributed by atoms with Crippen molar-refractivity contribution in [3.8, 4) is 6.07 Å². The largest absolute Gasteiger partial charge is 0.336 e. The van der Waals surface area contributed by atoms with Crippen molar-refractivity contribution < 1.29 is 14.4 Å². The minimum absolute atomic E-state index is 0.0746. The van der Waals surface area contributed by atoms with Gasteiger partial charge in [-0.05, 0) is 36.4 Å². The maximum atomic E-state index is 13.1. The van der Waals surface area contributed by atoms with Crippen LogP contribution in [-0.2, 0) is 20.9 Å². The van der Waals surface area contributed by atoms with E-state index in [1.165, 1.54) is 11.8 Å². The lowest BCUT2D eigenvalue weighted by Gasteiger charge is -2.25. The molecule has 2 saturated heterocycles. The van der Waals surface area contributed by atoms with E-state index in [4.69, 9.17) is 5.26 Å². The van der Waals surface area contributed by atoms with Crippen LogP contribution >= 0.6 is 11.8 Å². The fourth-order valence-corrected chi connectivity index (χ4v) is 4.91. The Morgan fingerprint density at radius 3 is 2.74 bits per heavy atom. The fourth-order valence-electron chi connectivity index (χ4n) is 3.74. The molecular formula is C22H21N5O3S. The average molecular weight is 436 g/mol. The molecule has 1 aromatic carbocycles. The fraction of sp³-hybridized carbons (Fsp3) is 0.318. The highest BCUT2D eigenvalue weighted by molar-refractivity contribution is 7.99. The number of nitriles is 1. The Kier molecular flexibility index (Phi) is 6.18. The zero-order chi connectivity index (χ0) is 21.8. The van der Waals surface area contributed by atoms with Crippen LogP contribution in [0.1, 0.15) is 17.7 Å². The van der Waals surface area contributed by atoms with Crippen LogP contribution in [0.3, 0.4) is 0 Å². The molecule has 4 rings (SSSR count). The summed E-state index contributed by atoms with van der Waals surface area (Å²) in [6.45, 7) is 0.709. The summed E-state index contributed by atoms with van der Waals surface area (Å²) < 4.78 is 0. The number of aromatic nitrogens is 1. The number of likely N-dealkylation sites (tertiary alicyclic amines) is 1. The molecule has 0 radical (unpaired) electrons. The molecule has 2 atom stereocenters. The summed E-state index contributed by atoms with van der Waals surface area (Å²) in [6.07, 6.45) is 1.83. The predicted octanol–water partition coefficient (Wildman–Crippen LogP) is 1.84. The van der Waals surface area contributed by atoms with Gasteiger partial charge in [0.25, 0.3) is 0 Å². The van der Waals surface area contributed by atoms with Gasteiger partial charge in [-0.15, -0.1) is 11.8 Å². The van der Waals surface area contributed by atoms with Gasteiger partial charge in [0.1, 0.15) is 6.04 Å². The smallest absolute Gasteiger partial charge is 0.248 e. The van der Waals surface area contributed by atoms with Crippen molar-refractivity contribution in [2.75, 3.05) is 23.5 Å². The summed E-state index contributed by atoms with van der Waals surface area (Å²) in [5.41, 5.74) is 1.86. The first kappa shape index (κ1) is 20.9. The molecule has 2 aliphatic rings. The monoisotopic (exact) mass is 435 g/mol. The van der Waals surface area contributed by atoms with Gasteiger partial charge < -0.3 is 15.1 Å². The Morgan fingerprint density at radius 2 is 2.03 bits per heavy atom. The second-order valence-electron chi connectivity index (χ2n) is 7.50. The number of hydrogen-bond donors (Lipinski definition) is 1. The van der Waals surface area contributed by atoms with Crippen LogP contribution in [0.15, 0.2) is 48.7 Å². The number of nitrogens with zero attached hydrogens (tertiary/aromatic N) is 4. The van der Waals surface area contributed by atoms with Crippen LogP contribution in [0.25, 0.3) is 0 Å². The van der Waals surface area contributed by atoms with E-state index in [2.05, 4.69) is 10.3 Å². The highest BCUT2D eigenvalue weighted by Gasteiger charge is 2.42. The zero-order valence-electron chi connectivity index (χ0n) is 16.7. The first-order valence-corrected chi connectivity index (χ1v) is 11.1. The van der Waals surface area contributed by atoms with Crippen molar-refractivity contribution in [2.24, 2.45) is 5.92 Å². The molecule has 1 aromatic heterocycles. The molecule has 0 bridgehead atoms. The Balaban J connectivity index is 1.38. The molecule has 3 heterocycles. The van der Waals surface area contributed by atoms with Gasteiger partial charge in [0.2, 0.25) is 17.7 Å². The molecular weight excluding hydrogens is 414 g/mol. The maximum Gasteiger partial charge on any atom is 0.248 e. The van der Waals surface area contributed by atoms with Gasteiger partial charge >= 0.3 is 0 Å². The standard InChI is InChI=1S/C22H21N5O3S/c23-10-15-4-6-17(7-5-15)25-21(29)19-13-31-14-27(19)22(30)16-9-20(28)26(11-16)12-18-3-1-2-8-24-18/h1-8,16,19H,9,11-14H2,(H,25,29). The first-order chi connectivity index (χ1) is 15.0. The molecule has 8 nitrogen and oxygen atoms in total. The molecule has 2 fully saturated rings. The molecule has 2 aliphatic heterocycles. The van der Waals surface area contributed by atoms with Crippen LogP contribution in [-0.4, -0.2) is 56.7 Å². The number of rotatable bonds is 5. The van der Waals surface area contributed by atoms with E-state index in [1.54, 1.807) is 40.3 Å². The maximum absolute atomic E-state index is 13.1. The van der Waals surface area contributed by atoms with Gasteiger partial charge in [0.15, 0.2) is 0 Å². The lowest BCUT2D eigenvalue weighted by molar-refractivity contribution is -0.139. The summed E-state index contributed by atoms with van der Waals surface area (Å²) in [5, 5.41) is 11.7. The number of carbonyl (C=O) groups is 3. The van der Waals surface area contributed by atoms with Crippen molar-refractivity contribution in [1.82, 2.24) is 14.8 Å². The second-order valence-corrected chi connectivity index (χ2v) is 8.50. The molecule has 0 aliphatic carbocycles. The molecule has 0 saturated carbocycles. The SMILES string of the molecule is N#Cc1ccc(NC(=O)C2CSCN2C(=O)C2CC(=O)N(Cc3ccccn3)C2)cc1. The minimum atomic E-state index is -0.590. The van der Waals surface area contributed by atoms with Crippen LogP contribution in [0.2, 0.25) is 0 Å². The Hall–Kier alpha value is -3.38. The molecule has 158 valence electrons. The molecule has 3 amide bonds. The number of pyridine rings is 1. The number of carbonyl (C=O) groups excluding carboxylic acids is 3. The van der Waals surface area contributed by atoms with Crippen LogP contribution in [0.4, 0.5) is 5.69 Å². The van der Waals surface area contributed by atoms with Gasteiger partial charge in [0, 0.05) is 30.6 Å². The van der Waals surface area contributed by atoms with E-state index < -0.39 is 12.0 Å². The number of nitrogens with one attached hydrogen (secondary N) is 1. The quantitative estimate of drug-likeness (QED) is 0.768. The molecule has 31 heavy (non-hydrogen) atoms. The zero-order valence-corrected chi connectivity index (χ0v) is 17.5. The van der Waals surface area contributed by atoms with E-state index in [-0.39, 0.29) is 24.1 Å². The number of benzene rings is 1. The number of thioether (sulfide) groups is 1. The topological polar surface area (TPSA) is 106 Å². The van der Waals surface area contributed by atoms with Gasteiger partial charge in [-0.2, -0.15) is 5.26 Å². The highest BCUT2D eigenvalue weighted by atomic mass is 32.2. The summed E-state index contributed by atoms with van der Waals surface area (Å²) >= 11 is 1.52. The number of hydrogen-bond acceptors (Lipinski definition) is 6. The lowest BCUT2D eigenvalue weighted by atomic mass is 10.1. The summed E-state index contributed by atoms with van der Waals surface area (Å²) in [4.78, 5) is 45.9. The minimum Gasteiger partial charge on any atom is -0.336 e. The predicted molar refractivity (Wildman–Crippen MR) is 116 cm³/mol. The summed E-state index contributed by atoms with van der Waals surface area (Å²) in [6, 6.07) is 13.6. The summed E-state index contributed by atoms with van der Waals surface area (Å²) in [7, 11) is 0. The molecule has 1 N–H and O–H groups in total. The molecule has 0 spiro atoms. The van der Waals surface area contributed by atoms with Crippen molar-refractivity contribution in [3.63, 3.8) is 0 Å². The Bertz CT molecular complexity index is 1020. The third-order valence-electron chi connectivity index (χ3n) is 5.39. The Morgan fingerprint density at radius 1 is 1.23 bits per heavy atom. The van der Waals surface area contributed by atoms with Gasteiger partial charge in [0.05, 0.1) is 35.7 Å². The molecule has 9 heteroatoms. The Labute approximate surface area is 184 Å². The number of anilines is 1. The van der Waals surface area contributed by atoms with Crippen molar-refractivity contribution in [2.45, 2.75) is 19.0 Å². The van der Waals surface area contributed by atoms with E-state index >= 15 is 0 Å². The third-order valence-corrected chi connectivity index (χ3v) is 6.40. The normalized spacial score (nSPS) is 20.5. The van der Waals surface area contributed by atoms with E-state index in [0.29, 0.717) is 36.0 Å². The van der Waals surface area contributed by atoms with Crippen molar-refractivity contribution in [1.29, 1.82) is 5.26 Å². The first-order valence-electron chi connectivity index (χ1n) is 9.92. The molecule has 2 unspecified atom stereocenters. The van der Waals surface area contributed by atoms with Crippen LogP contribution in [0, 0.1) is 17.2 Å². The van der Waals surface area contributed by atoms with Crippen LogP contribution < -0.4 is 5.32 Å². The van der Waals surface area contributed by atoms with Crippen LogP contribution in [0.5, 0.6) is 0 Å². The van der Waals surface area contributed by atoms with Crippen molar-refractivity contribution >= 4 is 35.2 Å². The third kappa shape index (κ3) is 4.70. The van der Waals surface area contributed by atoms with Gasteiger partial charge in [-0.3, -0.25) is 19.4 Å². The lowest BCUT2D eigenvalue weighted by Crippen LogP contribution is -2.47. The highest BCUT2D eigenvalue weighted by Crippen LogP contribution is 2.28. The second kappa shape index (κ2) is 9.18.